The van der Waals surface area contributed by atoms with Crippen LogP contribution in [0.15, 0.2) is 36.5 Å². The summed E-state index contributed by atoms with van der Waals surface area (Å²) in [6.07, 6.45) is 1.51. The van der Waals surface area contributed by atoms with Crippen LogP contribution in [0.3, 0.4) is 0 Å². The van der Waals surface area contributed by atoms with E-state index in [1.165, 1.54) is 20.4 Å². The van der Waals surface area contributed by atoms with Gasteiger partial charge in [-0.2, -0.15) is 0 Å². The summed E-state index contributed by atoms with van der Waals surface area (Å²) in [5.41, 5.74) is 1.13. The van der Waals surface area contributed by atoms with Crippen molar-refractivity contribution in [2.75, 3.05) is 32.0 Å². The summed E-state index contributed by atoms with van der Waals surface area (Å²) in [6.45, 7) is 0. The predicted octanol–water partition coefficient (Wildman–Crippen LogP) is 2.75. The van der Waals surface area contributed by atoms with E-state index >= 15 is 0 Å². The molecule has 116 valence electrons. The molecule has 2 N–H and O–H groups in total. The number of anilines is 2. The Kier molecular flexibility index (Phi) is 5.02. The van der Waals surface area contributed by atoms with Crippen molar-refractivity contribution >= 4 is 17.4 Å². The number of hydrogen-bond acceptors (Lipinski definition) is 5. The second-order valence-corrected chi connectivity index (χ2v) is 4.24. The Bertz CT molecular complexity index is 644. The molecule has 0 fully saturated rings. The summed E-state index contributed by atoms with van der Waals surface area (Å²) in [7, 11) is 4.61. The molecule has 0 aliphatic carbocycles. The number of benzene rings is 1. The fourth-order valence-corrected chi connectivity index (χ4v) is 1.78. The number of hydrogen-bond donors (Lipinski definition) is 2. The first-order valence-corrected chi connectivity index (χ1v) is 6.46. The maximum absolute atomic E-state index is 11.9. The maximum Gasteiger partial charge on any atom is 0.323 e. The van der Waals surface area contributed by atoms with Gasteiger partial charge in [0, 0.05) is 17.8 Å². The first-order chi connectivity index (χ1) is 10.7. The summed E-state index contributed by atoms with van der Waals surface area (Å²) in [4.78, 5) is 15.9. The summed E-state index contributed by atoms with van der Waals surface area (Å²) in [5, 5.41) is 5.37. The molecule has 2 aromatic rings. The largest absolute Gasteiger partial charge is 0.493 e. The zero-order chi connectivity index (χ0) is 15.9. The number of pyridine rings is 1. The van der Waals surface area contributed by atoms with Gasteiger partial charge in [-0.1, -0.05) is 0 Å². The fraction of sp³-hybridized carbons (Fsp3) is 0.200. The molecule has 2 rings (SSSR count). The van der Waals surface area contributed by atoms with Gasteiger partial charge in [-0.05, 0) is 18.2 Å². The van der Waals surface area contributed by atoms with E-state index in [2.05, 4.69) is 15.6 Å². The number of ether oxygens (including phenoxy) is 3. The monoisotopic (exact) mass is 303 g/mol. The van der Waals surface area contributed by atoms with E-state index in [1.807, 2.05) is 0 Å². The molecule has 0 bridgehead atoms. The van der Waals surface area contributed by atoms with Gasteiger partial charge in [-0.15, -0.1) is 0 Å². The van der Waals surface area contributed by atoms with Crippen molar-refractivity contribution in [3.05, 3.63) is 36.5 Å². The highest BCUT2D eigenvalue weighted by molar-refractivity contribution is 5.99. The second-order valence-electron chi connectivity index (χ2n) is 4.24. The molecule has 2 amide bonds. The third kappa shape index (κ3) is 3.78. The maximum atomic E-state index is 11.9. The Morgan fingerprint density at radius 3 is 2.18 bits per heavy atom. The van der Waals surface area contributed by atoms with Crippen molar-refractivity contribution in [3.63, 3.8) is 0 Å². The number of rotatable bonds is 5. The van der Waals surface area contributed by atoms with Gasteiger partial charge in [0.25, 0.3) is 0 Å². The molecule has 7 nitrogen and oxygen atoms in total. The number of aromatic nitrogens is 1. The van der Waals surface area contributed by atoms with Crippen molar-refractivity contribution in [2.24, 2.45) is 0 Å². The topological polar surface area (TPSA) is 81.7 Å². The molecule has 0 saturated heterocycles. The third-order valence-electron chi connectivity index (χ3n) is 2.84. The van der Waals surface area contributed by atoms with Crippen molar-refractivity contribution < 1.29 is 19.0 Å². The minimum atomic E-state index is -0.390. The van der Waals surface area contributed by atoms with Crippen molar-refractivity contribution in [3.8, 4) is 17.4 Å². The number of amides is 2. The molecular weight excluding hydrogens is 286 g/mol. The molecule has 0 spiro atoms. The van der Waals surface area contributed by atoms with Gasteiger partial charge < -0.3 is 24.8 Å². The highest BCUT2D eigenvalue weighted by Crippen LogP contribution is 2.29. The number of carbonyl (C=O) groups excluding carboxylic acids is 1. The van der Waals surface area contributed by atoms with Gasteiger partial charge in [0.05, 0.1) is 33.2 Å². The van der Waals surface area contributed by atoms with Crippen LogP contribution in [0.1, 0.15) is 0 Å². The Labute approximate surface area is 128 Å². The number of methoxy groups -OCH3 is 3. The van der Waals surface area contributed by atoms with Gasteiger partial charge >= 0.3 is 6.03 Å². The molecule has 22 heavy (non-hydrogen) atoms. The van der Waals surface area contributed by atoms with Crippen LogP contribution in [0.4, 0.5) is 16.2 Å². The average molecular weight is 303 g/mol. The Morgan fingerprint density at radius 2 is 1.59 bits per heavy atom. The highest BCUT2D eigenvalue weighted by atomic mass is 16.5. The van der Waals surface area contributed by atoms with E-state index in [-0.39, 0.29) is 6.03 Å². The summed E-state index contributed by atoms with van der Waals surface area (Å²) in [5.74, 6) is 1.60. The molecule has 0 aliphatic heterocycles. The predicted molar refractivity (Wildman–Crippen MR) is 83.0 cm³/mol. The van der Waals surface area contributed by atoms with Crippen LogP contribution < -0.4 is 24.8 Å². The van der Waals surface area contributed by atoms with E-state index in [9.17, 15) is 4.79 Å². The third-order valence-corrected chi connectivity index (χ3v) is 2.84. The first-order valence-electron chi connectivity index (χ1n) is 6.46. The Morgan fingerprint density at radius 1 is 0.909 bits per heavy atom. The molecule has 0 radical (unpaired) electrons. The van der Waals surface area contributed by atoms with Crippen LogP contribution in [-0.2, 0) is 0 Å². The fourth-order valence-electron chi connectivity index (χ4n) is 1.78. The van der Waals surface area contributed by atoms with E-state index in [1.54, 1.807) is 37.4 Å². The second kappa shape index (κ2) is 7.16. The lowest BCUT2D eigenvalue weighted by atomic mass is 10.3. The van der Waals surface area contributed by atoms with Crippen LogP contribution >= 0.6 is 0 Å². The number of nitrogens with one attached hydrogen (secondary N) is 2. The van der Waals surface area contributed by atoms with Gasteiger partial charge in [0.15, 0.2) is 11.5 Å². The lowest BCUT2D eigenvalue weighted by Crippen LogP contribution is -2.19. The van der Waals surface area contributed by atoms with Gasteiger partial charge in [-0.3, -0.25) is 0 Å². The molecular formula is C15H17N3O4. The molecule has 1 aromatic carbocycles. The zero-order valence-electron chi connectivity index (χ0n) is 12.5. The molecule has 0 saturated carbocycles. The first kappa shape index (κ1) is 15.4. The number of urea groups is 1. The molecule has 7 heteroatoms. The molecule has 0 unspecified atom stereocenters. The van der Waals surface area contributed by atoms with E-state index in [4.69, 9.17) is 14.2 Å². The highest BCUT2D eigenvalue weighted by Gasteiger charge is 2.07. The molecule has 1 aromatic heterocycles. The summed E-state index contributed by atoms with van der Waals surface area (Å²) < 4.78 is 15.3. The average Bonchev–Trinajstić information content (AvgIpc) is 2.55. The van der Waals surface area contributed by atoms with E-state index < -0.39 is 0 Å². The smallest absolute Gasteiger partial charge is 0.323 e. The van der Waals surface area contributed by atoms with E-state index in [0.29, 0.717) is 28.8 Å². The van der Waals surface area contributed by atoms with Crippen LogP contribution in [0.5, 0.6) is 17.4 Å². The summed E-state index contributed by atoms with van der Waals surface area (Å²) in [6, 6.07) is 8.06. The van der Waals surface area contributed by atoms with Crippen LogP contribution in [-0.4, -0.2) is 32.3 Å². The van der Waals surface area contributed by atoms with E-state index in [0.717, 1.165) is 0 Å². The zero-order valence-corrected chi connectivity index (χ0v) is 12.5. The summed E-state index contributed by atoms with van der Waals surface area (Å²) >= 11 is 0. The molecule has 1 heterocycles. The Balaban J connectivity index is 2.02. The lowest BCUT2D eigenvalue weighted by molar-refractivity contribution is 0.262. The minimum absolute atomic E-state index is 0.390. The number of carbonyl (C=O) groups is 1. The van der Waals surface area contributed by atoms with Crippen molar-refractivity contribution in [1.82, 2.24) is 4.98 Å². The van der Waals surface area contributed by atoms with Crippen LogP contribution in [0, 0.1) is 0 Å². The van der Waals surface area contributed by atoms with Gasteiger partial charge in [0.1, 0.15) is 0 Å². The van der Waals surface area contributed by atoms with Crippen LogP contribution in [0.2, 0.25) is 0 Å². The van der Waals surface area contributed by atoms with Crippen molar-refractivity contribution in [2.45, 2.75) is 0 Å². The number of nitrogens with zero attached hydrogens (tertiary/aromatic N) is 1. The Hall–Kier alpha value is -2.96. The molecule has 0 aliphatic rings. The van der Waals surface area contributed by atoms with Crippen molar-refractivity contribution in [1.29, 1.82) is 0 Å². The normalized spacial score (nSPS) is 9.77. The van der Waals surface area contributed by atoms with Gasteiger partial charge in [0.2, 0.25) is 5.88 Å². The van der Waals surface area contributed by atoms with Crippen LogP contribution in [0.25, 0.3) is 0 Å². The van der Waals surface area contributed by atoms with Gasteiger partial charge in [-0.25, -0.2) is 9.78 Å². The quantitative estimate of drug-likeness (QED) is 0.887. The molecule has 0 atom stereocenters. The standard InChI is InChI=1S/C15H17N3O4/c1-20-12-6-4-10(8-13(12)21-2)17-15(19)18-11-5-7-14(22-3)16-9-11/h4-9H,1-3H3,(H2,17,18,19). The minimum Gasteiger partial charge on any atom is -0.493 e. The lowest BCUT2D eigenvalue weighted by Gasteiger charge is -2.11. The SMILES string of the molecule is COc1ccc(NC(=O)Nc2ccc(OC)c(OC)c2)cn1.